The van der Waals surface area contributed by atoms with E-state index in [-0.39, 0.29) is 6.10 Å². The number of hydrogen-bond acceptors (Lipinski definition) is 3. The molecule has 18 heavy (non-hydrogen) atoms. The van der Waals surface area contributed by atoms with E-state index in [4.69, 9.17) is 5.26 Å². The van der Waals surface area contributed by atoms with Crippen LogP contribution in [-0.4, -0.2) is 10.1 Å². The van der Waals surface area contributed by atoms with Gasteiger partial charge in [0.2, 0.25) is 0 Å². The zero-order chi connectivity index (χ0) is 12.5. The molecule has 3 rings (SSSR count). The van der Waals surface area contributed by atoms with E-state index in [1.54, 1.807) is 18.3 Å². The lowest BCUT2D eigenvalue weighted by molar-refractivity contribution is 0.179. The Hall–Kier alpha value is -2.18. The summed E-state index contributed by atoms with van der Waals surface area (Å²) in [4.78, 5) is 4.20. The van der Waals surface area contributed by atoms with Crippen molar-refractivity contribution < 1.29 is 5.11 Å². The third-order valence-electron chi connectivity index (χ3n) is 3.44. The zero-order valence-electron chi connectivity index (χ0n) is 9.80. The van der Waals surface area contributed by atoms with Crippen molar-refractivity contribution >= 4 is 0 Å². The number of nitrogens with zero attached hydrogens (tertiary/aromatic N) is 2. The van der Waals surface area contributed by atoms with Crippen LogP contribution in [0, 0.1) is 11.3 Å². The van der Waals surface area contributed by atoms with Gasteiger partial charge in [-0.3, -0.25) is 4.98 Å². The van der Waals surface area contributed by atoms with Crippen LogP contribution < -0.4 is 0 Å². The van der Waals surface area contributed by atoms with Gasteiger partial charge < -0.3 is 5.11 Å². The smallest absolute Gasteiger partial charge is 0.0991 e. The lowest BCUT2D eigenvalue weighted by Gasteiger charge is -2.08. The van der Waals surface area contributed by atoms with Gasteiger partial charge in [0, 0.05) is 23.5 Å². The molecule has 0 radical (unpaired) electrons. The zero-order valence-corrected chi connectivity index (χ0v) is 9.80. The predicted molar refractivity (Wildman–Crippen MR) is 67.7 cm³/mol. The first-order chi connectivity index (χ1) is 8.79. The van der Waals surface area contributed by atoms with Crippen LogP contribution in [0.3, 0.4) is 0 Å². The van der Waals surface area contributed by atoms with Crippen molar-refractivity contribution in [2.24, 2.45) is 0 Å². The largest absolute Gasteiger partial charge is 0.388 e. The number of aliphatic hydroxyl groups excluding tert-OH is 1. The highest BCUT2D eigenvalue weighted by Crippen LogP contribution is 2.36. The first-order valence-electron chi connectivity index (χ1n) is 5.95. The fourth-order valence-electron chi connectivity index (χ4n) is 2.48. The maximum Gasteiger partial charge on any atom is 0.0991 e. The van der Waals surface area contributed by atoms with Gasteiger partial charge >= 0.3 is 0 Å². The van der Waals surface area contributed by atoms with Crippen LogP contribution in [0.4, 0.5) is 0 Å². The molecule has 1 atom stereocenters. The lowest BCUT2D eigenvalue weighted by atomic mass is 9.99. The first-order valence-corrected chi connectivity index (χ1v) is 5.95. The summed E-state index contributed by atoms with van der Waals surface area (Å²) in [5.41, 5.74) is 4.89. The molecule has 88 valence electrons. The van der Waals surface area contributed by atoms with Crippen LogP contribution in [0.2, 0.25) is 0 Å². The highest BCUT2D eigenvalue weighted by atomic mass is 16.3. The lowest BCUT2D eigenvalue weighted by Crippen LogP contribution is -1.93. The highest BCUT2D eigenvalue weighted by molar-refractivity contribution is 5.69. The summed E-state index contributed by atoms with van der Waals surface area (Å²) in [6.07, 6.45) is 4.85. The second-order valence-electron chi connectivity index (χ2n) is 4.50. The maximum absolute atomic E-state index is 9.85. The SMILES string of the molecule is N#Cc1ccc(-c2cncc3c2CCC3O)cc1. The number of rotatable bonds is 1. The molecule has 1 aromatic heterocycles. The minimum Gasteiger partial charge on any atom is -0.388 e. The average molecular weight is 236 g/mol. The Balaban J connectivity index is 2.10. The Morgan fingerprint density at radius 3 is 2.72 bits per heavy atom. The van der Waals surface area contributed by atoms with Gasteiger partial charge in [0.1, 0.15) is 0 Å². The molecular formula is C15H12N2O. The number of aromatic nitrogens is 1. The van der Waals surface area contributed by atoms with Crippen molar-refractivity contribution in [2.45, 2.75) is 18.9 Å². The minimum absolute atomic E-state index is 0.383. The molecule has 0 aliphatic heterocycles. The summed E-state index contributed by atoms with van der Waals surface area (Å²) >= 11 is 0. The highest BCUT2D eigenvalue weighted by Gasteiger charge is 2.23. The molecule has 1 aliphatic rings. The molecule has 0 bridgehead atoms. The Labute approximate surface area is 105 Å². The van der Waals surface area contributed by atoms with E-state index in [0.29, 0.717) is 5.56 Å². The molecule has 1 N–H and O–H groups in total. The van der Waals surface area contributed by atoms with E-state index in [2.05, 4.69) is 11.1 Å². The Kier molecular flexibility index (Phi) is 2.58. The fourth-order valence-corrected chi connectivity index (χ4v) is 2.48. The van der Waals surface area contributed by atoms with Crippen molar-refractivity contribution in [1.82, 2.24) is 4.98 Å². The van der Waals surface area contributed by atoms with Crippen molar-refractivity contribution in [3.8, 4) is 17.2 Å². The summed E-state index contributed by atoms with van der Waals surface area (Å²) < 4.78 is 0. The number of benzene rings is 1. The second-order valence-corrected chi connectivity index (χ2v) is 4.50. The standard InChI is InChI=1S/C15H12N2O/c16-7-10-1-3-11(4-2-10)13-8-17-9-14-12(13)5-6-15(14)18/h1-4,8-9,15,18H,5-6H2. The molecule has 0 fully saturated rings. The van der Waals surface area contributed by atoms with Gasteiger partial charge in [0.25, 0.3) is 0 Å². The van der Waals surface area contributed by atoms with Crippen LogP contribution in [-0.2, 0) is 6.42 Å². The molecule has 1 unspecified atom stereocenters. The first kappa shape index (κ1) is 10.9. The van der Waals surface area contributed by atoms with Gasteiger partial charge in [0.15, 0.2) is 0 Å². The molecule has 0 saturated heterocycles. The van der Waals surface area contributed by atoms with Gasteiger partial charge in [-0.1, -0.05) is 12.1 Å². The summed E-state index contributed by atoms with van der Waals surface area (Å²) in [5.74, 6) is 0. The van der Waals surface area contributed by atoms with Crippen molar-refractivity contribution in [3.63, 3.8) is 0 Å². The molecule has 3 heteroatoms. The molecule has 0 saturated carbocycles. The molecule has 0 spiro atoms. The second kappa shape index (κ2) is 4.25. The number of pyridine rings is 1. The summed E-state index contributed by atoms with van der Waals surface area (Å²) in [6.45, 7) is 0. The maximum atomic E-state index is 9.85. The Bertz CT molecular complexity index is 626. The quantitative estimate of drug-likeness (QED) is 0.828. The van der Waals surface area contributed by atoms with E-state index in [0.717, 1.165) is 29.5 Å². The van der Waals surface area contributed by atoms with Crippen LogP contribution in [0.15, 0.2) is 36.7 Å². The van der Waals surface area contributed by atoms with Crippen LogP contribution in [0.5, 0.6) is 0 Å². The fraction of sp³-hybridized carbons (Fsp3) is 0.200. The van der Waals surface area contributed by atoms with E-state index in [9.17, 15) is 5.11 Å². The van der Waals surface area contributed by atoms with Crippen LogP contribution in [0.1, 0.15) is 29.2 Å². The number of fused-ring (bicyclic) bond motifs is 1. The molecule has 1 aromatic carbocycles. The Morgan fingerprint density at radius 1 is 1.22 bits per heavy atom. The molecule has 3 nitrogen and oxygen atoms in total. The van der Waals surface area contributed by atoms with Crippen molar-refractivity contribution in [2.75, 3.05) is 0 Å². The predicted octanol–water partition coefficient (Wildman–Crippen LogP) is 2.60. The molecular weight excluding hydrogens is 224 g/mol. The van der Waals surface area contributed by atoms with Gasteiger partial charge in [-0.15, -0.1) is 0 Å². The van der Waals surface area contributed by atoms with Gasteiger partial charge in [-0.05, 0) is 36.1 Å². The third-order valence-corrected chi connectivity index (χ3v) is 3.44. The number of hydrogen-bond donors (Lipinski definition) is 1. The van der Waals surface area contributed by atoms with Crippen molar-refractivity contribution in [1.29, 1.82) is 5.26 Å². The summed E-state index contributed by atoms with van der Waals surface area (Å²) in [7, 11) is 0. The van der Waals surface area contributed by atoms with E-state index < -0.39 is 0 Å². The molecule has 2 aromatic rings. The summed E-state index contributed by atoms with van der Waals surface area (Å²) in [6, 6.07) is 9.58. The van der Waals surface area contributed by atoms with Crippen LogP contribution in [0.25, 0.3) is 11.1 Å². The molecule has 1 aliphatic carbocycles. The Morgan fingerprint density at radius 2 is 2.00 bits per heavy atom. The minimum atomic E-state index is -0.383. The topological polar surface area (TPSA) is 56.9 Å². The van der Waals surface area contributed by atoms with E-state index in [1.807, 2.05) is 18.3 Å². The number of nitriles is 1. The molecule has 0 amide bonds. The third kappa shape index (κ3) is 1.68. The van der Waals surface area contributed by atoms with Crippen LogP contribution >= 0.6 is 0 Å². The average Bonchev–Trinajstić information content (AvgIpc) is 2.81. The van der Waals surface area contributed by atoms with Gasteiger partial charge in [0.05, 0.1) is 17.7 Å². The van der Waals surface area contributed by atoms with Gasteiger partial charge in [-0.2, -0.15) is 5.26 Å². The monoisotopic (exact) mass is 236 g/mol. The normalized spacial score (nSPS) is 17.2. The van der Waals surface area contributed by atoms with E-state index >= 15 is 0 Å². The van der Waals surface area contributed by atoms with Crippen molar-refractivity contribution in [3.05, 3.63) is 53.3 Å². The number of aliphatic hydroxyl groups is 1. The van der Waals surface area contributed by atoms with E-state index in [1.165, 1.54) is 5.56 Å². The molecule has 1 heterocycles. The summed E-state index contributed by atoms with van der Waals surface area (Å²) in [5, 5.41) is 18.6. The van der Waals surface area contributed by atoms with Gasteiger partial charge in [-0.25, -0.2) is 0 Å².